The highest BCUT2D eigenvalue weighted by Gasteiger charge is 2.39. The molecule has 1 aromatic rings. The molecular weight excluding hydrogens is 270 g/mol. The minimum absolute atomic E-state index is 0.0291. The van der Waals surface area contributed by atoms with Crippen LogP contribution < -0.4 is 0 Å². The summed E-state index contributed by atoms with van der Waals surface area (Å²) in [6.45, 7) is 1.83. The summed E-state index contributed by atoms with van der Waals surface area (Å²) in [7, 11) is 0. The highest BCUT2D eigenvalue weighted by atomic mass is 35.5. The third-order valence-corrected chi connectivity index (χ3v) is 3.33. The number of likely N-dealkylation sites (tertiary alicyclic amines) is 1. The van der Waals surface area contributed by atoms with Gasteiger partial charge in [0.15, 0.2) is 0 Å². The normalized spacial score (nSPS) is 22.6. The fourth-order valence-electron chi connectivity index (χ4n) is 2.30. The van der Waals surface area contributed by atoms with Crippen molar-refractivity contribution in [1.82, 2.24) is 4.90 Å². The van der Waals surface area contributed by atoms with Crippen LogP contribution in [0.2, 0.25) is 5.02 Å². The van der Waals surface area contributed by atoms with E-state index in [9.17, 15) is 14.7 Å². The number of carbonyl (C=O) groups is 2. The molecule has 0 unspecified atom stereocenters. The number of halogens is 1. The standard InChI is InChI=1S/C13H14ClNO4/c1-7-2-8(4-9(14)3-7)12(17)15-6-10(16)5-11(15)13(18)19/h2-4,10-11,16H,5-6H2,1H3,(H,18,19)/t10-,11-/m0/s1. The number of hydrogen-bond acceptors (Lipinski definition) is 3. The van der Waals surface area contributed by atoms with Crippen molar-refractivity contribution in [1.29, 1.82) is 0 Å². The zero-order valence-electron chi connectivity index (χ0n) is 10.3. The van der Waals surface area contributed by atoms with E-state index in [1.54, 1.807) is 19.1 Å². The molecule has 0 aliphatic carbocycles. The first-order chi connectivity index (χ1) is 8.88. The van der Waals surface area contributed by atoms with E-state index in [1.807, 2.05) is 0 Å². The molecule has 1 fully saturated rings. The first-order valence-electron chi connectivity index (χ1n) is 5.87. The lowest BCUT2D eigenvalue weighted by Gasteiger charge is -2.21. The number of nitrogens with zero attached hydrogens (tertiary/aromatic N) is 1. The Morgan fingerprint density at radius 3 is 2.63 bits per heavy atom. The summed E-state index contributed by atoms with van der Waals surface area (Å²) in [5.74, 6) is -1.53. The summed E-state index contributed by atoms with van der Waals surface area (Å²) in [5, 5.41) is 19.0. The molecule has 0 aromatic heterocycles. The van der Waals surface area contributed by atoms with E-state index in [1.165, 1.54) is 11.0 Å². The van der Waals surface area contributed by atoms with E-state index in [0.29, 0.717) is 10.6 Å². The fourth-order valence-corrected chi connectivity index (χ4v) is 2.59. The van der Waals surface area contributed by atoms with Crippen LogP contribution in [0.4, 0.5) is 0 Å². The Hall–Kier alpha value is -1.59. The van der Waals surface area contributed by atoms with Crippen LogP contribution in [0.25, 0.3) is 0 Å². The summed E-state index contributed by atoms with van der Waals surface area (Å²) in [4.78, 5) is 24.6. The van der Waals surface area contributed by atoms with Crippen molar-refractivity contribution >= 4 is 23.5 Å². The Bertz CT molecular complexity index is 511. The zero-order valence-corrected chi connectivity index (χ0v) is 11.1. The van der Waals surface area contributed by atoms with Crippen LogP contribution in [0.15, 0.2) is 18.2 Å². The molecule has 1 aliphatic rings. The number of aliphatic carboxylic acids is 1. The SMILES string of the molecule is Cc1cc(Cl)cc(C(=O)N2C[C@@H](O)C[C@H]2C(=O)O)c1. The molecule has 2 atom stereocenters. The fraction of sp³-hybridized carbons (Fsp3) is 0.385. The molecule has 5 nitrogen and oxygen atoms in total. The second kappa shape index (κ2) is 5.19. The number of carboxylic acids is 1. The number of carboxylic acid groups (broad SMARTS) is 1. The summed E-state index contributed by atoms with van der Waals surface area (Å²) in [5.41, 5.74) is 1.16. The summed E-state index contributed by atoms with van der Waals surface area (Å²) in [6, 6.07) is 3.88. The smallest absolute Gasteiger partial charge is 0.326 e. The van der Waals surface area contributed by atoms with E-state index in [2.05, 4.69) is 0 Å². The van der Waals surface area contributed by atoms with Crippen LogP contribution in [0.3, 0.4) is 0 Å². The molecule has 1 heterocycles. The van der Waals surface area contributed by atoms with Gasteiger partial charge in [0.2, 0.25) is 0 Å². The van der Waals surface area contributed by atoms with Crippen molar-refractivity contribution in [3.63, 3.8) is 0 Å². The van der Waals surface area contributed by atoms with Gasteiger partial charge in [-0.1, -0.05) is 11.6 Å². The second-order valence-electron chi connectivity index (χ2n) is 4.72. The van der Waals surface area contributed by atoms with Gasteiger partial charge in [-0.25, -0.2) is 4.79 Å². The molecule has 1 aliphatic heterocycles. The first kappa shape index (κ1) is 13.8. The lowest BCUT2D eigenvalue weighted by Crippen LogP contribution is -2.40. The molecule has 102 valence electrons. The van der Waals surface area contributed by atoms with Crippen molar-refractivity contribution in [2.45, 2.75) is 25.5 Å². The van der Waals surface area contributed by atoms with Gasteiger partial charge in [-0.3, -0.25) is 4.79 Å². The first-order valence-corrected chi connectivity index (χ1v) is 6.25. The largest absolute Gasteiger partial charge is 0.480 e. The van der Waals surface area contributed by atoms with Crippen LogP contribution >= 0.6 is 11.6 Å². The number of carbonyl (C=O) groups excluding carboxylic acids is 1. The van der Waals surface area contributed by atoms with E-state index < -0.39 is 24.0 Å². The lowest BCUT2D eigenvalue weighted by molar-refractivity contribution is -0.141. The number of aliphatic hydroxyl groups is 1. The van der Waals surface area contributed by atoms with Gasteiger partial charge in [0.25, 0.3) is 5.91 Å². The van der Waals surface area contributed by atoms with E-state index in [-0.39, 0.29) is 13.0 Å². The van der Waals surface area contributed by atoms with Gasteiger partial charge in [-0.2, -0.15) is 0 Å². The Balaban J connectivity index is 2.30. The van der Waals surface area contributed by atoms with Crippen LogP contribution in [0.1, 0.15) is 22.3 Å². The quantitative estimate of drug-likeness (QED) is 0.858. The molecule has 2 rings (SSSR count). The molecule has 1 amide bonds. The van der Waals surface area contributed by atoms with E-state index >= 15 is 0 Å². The molecular formula is C13H14ClNO4. The molecule has 2 N–H and O–H groups in total. The average Bonchev–Trinajstić information content (AvgIpc) is 2.69. The van der Waals surface area contributed by atoms with Gasteiger partial charge in [0.1, 0.15) is 6.04 Å². The van der Waals surface area contributed by atoms with Crippen molar-refractivity contribution in [3.05, 3.63) is 34.3 Å². The van der Waals surface area contributed by atoms with Crippen LogP contribution in [0.5, 0.6) is 0 Å². The van der Waals surface area contributed by atoms with Crippen molar-refractivity contribution in [3.8, 4) is 0 Å². The Morgan fingerprint density at radius 1 is 1.37 bits per heavy atom. The van der Waals surface area contributed by atoms with Crippen LogP contribution in [0, 0.1) is 6.92 Å². The maximum atomic E-state index is 12.3. The van der Waals surface area contributed by atoms with Gasteiger partial charge in [-0.15, -0.1) is 0 Å². The summed E-state index contributed by atoms with van der Waals surface area (Å²) >= 11 is 5.89. The highest BCUT2D eigenvalue weighted by molar-refractivity contribution is 6.31. The number of rotatable bonds is 2. The van der Waals surface area contributed by atoms with Gasteiger partial charge >= 0.3 is 5.97 Å². The topological polar surface area (TPSA) is 77.8 Å². The van der Waals surface area contributed by atoms with Gasteiger partial charge in [0, 0.05) is 23.6 Å². The summed E-state index contributed by atoms with van der Waals surface area (Å²) < 4.78 is 0. The number of hydrogen-bond donors (Lipinski definition) is 2. The maximum absolute atomic E-state index is 12.3. The lowest BCUT2D eigenvalue weighted by atomic mass is 10.1. The maximum Gasteiger partial charge on any atom is 0.326 e. The number of β-amino-alcohol motifs (C(OH)–C–C–N with tert-alkyl or cyclic N) is 1. The van der Waals surface area contributed by atoms with Gasteiger partial charge in [-0.05, 0) is 30.7 Å². The predicted octanol–water partition coefficient (Wildman–Crippen LogP) is 1.31. The minimum Gasteiger partial charge on any atom is -0.480 e. The molecule has 0 saturated carbocycles. The van der Waals surface area contributed by atoms with Gasteiger partial charge < -0.3 is 15.1 Å². The molecule has 0 spiro atoms. The van der Waals surface area contributed by atoms with Gasteiger partial charge in [0.05, 0.1) is 6.10 Å². The molecule has 1 aromatic carbocycles. The van der Waals surface area contributed by atoms with E-state index in [4.69, 9.17) is 16.7 Å². The molecule has 1 saturated heterocycles. The monoisotopic (exact) mass is 283 g/mol. The zero-order chi connectivity index (χ0) is 14.2. The number of aliphatic hydroxyl groups excluding tert-OH is 1. The predicted molar refractivity (Wildman–Crippen MR) is 69.3 cm³/mol. The van der Waals surface area contributed by atoms with Crippen LogP contribution in [-0.2, 0) is 4.79 Å². The molecule has 0 radical (unpaired) electrons. The number of amides is 1. The Labute approximate surface area is 115 Å². The minimum atomic E-state index is -1.11. The molecule has 0 bridgehead atoms. The Morgan fingerprint density at radius 2 is 2.05 bits per heavy atom. The van der Waals surface area contributed by atoms with Crippen molar-refractivity contribution in [2.75, 3.05) is 6.54 Å². The van der Waals surface area contributed by atoms with Crippen LogP contribution in [-0.4, -0.2) is 45.7 Å². The third-order valence-electron chi connectivity index (χ3n) is 3.11. The van der Waals surface area contributed by atoms with E-state index in [0.717, 1.165) is 5.56 Å². The van der Waals surface area contributed by atoms with Crippen molar-refractivity contribution in [2.24, 2.45) is 0 Å². The average molecular weight is 284 g/mol. The number of benzene rings is 1. The highest BCUT2D eigenvalue weighted by Crippen LogP contribution is 2.23. The summed E-state index contributed by atoms with van der Waals surface area (Å²) in [6.07, 6.45) is -0.744. The second-order valence-corrected chi connectivity index (χ2v) is 5.15. The number of aryl methyl sites for hydroxylation is 1. The molecule has 19 heavy (non-hydrogen) atoms. The third kappa shape index (κ3) is 2.88. The van der Waals surface area contributed by atoms with Crippen molar-refractivity contribution < 1.29 is 19.8 Å². The Kier molecular flexibility index (Phi) is 3.78. The molecule has 6 heteroatoms.